The van der Waals surface area contributed by atoms with Gasteiger partial charge in [-0.25, -0.2) is 9.80 Å². The van der Waals surface area contributed by atoms with Crippen LogP contribution in [0.4, 0.5) is 11.4 Å². The third-order valence-corrected chi connectivity index (χ3v) is 4.10. The number of benzene rings is 2. The summed E-state index contributed by atoms with van der Waals surface area (Å²) in [4.78, 5) is 36.2. The van der Waals surface area contributed by atoms with Gasteiger partial charge in [-0.2, -0.15) is 5.10 Å². The average molecular weight is 365 g/mol. The number of nitrogens with zero attached hydrogens (tertiary/aromatic N) is 2. The summed E-state index contributed by atoms with van der Waals surface area (Å²) in [6.07, 6.45) is 0.481. The SMILES string of the molecule is COC(=O)c1ccc(NC(=O)C2=NN(c3cccc(C)c3)C(=O)CC2)cc1. The molecule has 0 aliphatic carbocycles. The maximum Gasteiger partial charge on any atom is 0.337 e. The van der Waals surface area contributed by atoms with Gasteiger partial charge in [0, 0.05) is 18.5 Å². The van der Waals surface area contributed by atoms with E-state index in [2.05, 4.69) is 15.2 Å². The summed E-state index contributed by atoms with van der Waals surface area (Å²) in [7, 11) is 1.31. The van der Waals surface area contributed by atoms with E-state index < -0.39 is 5.97 Å². The predicted molar refractivity (Wildman–Crippen MR) is 102 cm³/mol. The van der Waals surface area contributed by atoms with Gasteiger partial charge < -0.3 is 10.1 Å². The topological polar surface area (TPSA) is 88.1 Å². The van der Waals surface area contributed by atoms with Crippen LogP contribution in [0.1, 0.15) is 28.8 Å². The van der Waals surface area contributed by atoms with Crippen LogP contribution in [0.2, 0.25) is 0 Å². The second-order valence-electron chi connectivity index (χ2n) is 6.11. The summed E-state index contributed by atoms with van der Waals surface area (Å²) in [6, 6.07) is 13.7. The molecule has 1 aliphatic heterocycles. The Labute approximate surface area is 156 Å². The average Bonchev–Trinajstić information content (AvgIpc) is 2.68. The smallest absolute Gasteiger partial charge is 0.337 e. The van der Waals surface area contributed by atoms with Crippen molar-refractivity contribution in [1.29, 1.82) is 0 Å². The monoisotopic (exact) mass is 365 g/mol. The molecule has 0 bridgehead atoms. The number of carbonyl (C=O) groups excluding carboxylic acids is 3. The van der Waals surface area contributed by atoms with Gasteiger partial charge in [-0.1, -0.05) is 12.1 Å². The van der Waals surface area contributed by atoms with Crippen LogP contribution in [0.25, 0.3) is 0 Å². The Bertz CT molecular complexity index is 919. The van der Waals surface area contributed by atoms with Gasteiger partial charge in [0.1, 0.15) is 5.71 Å². The lowest BCUT2D eigenvalue weighted by atomic mass is 10.1. The fraction of sp³-hybridized carbons (Fsp3) is 0.200. The summed E-state index contributed by atoms with van der Waals surface area (Å²) in [5, 5.41) is 8.25. The van der Waals surface area contributed by atoms with Gasteiger partial charge in [-0.05, 0) is 48.9 Å². The number of ether oxygens (including phenoxy) is 1. The van der Waals surface area contributed by atoms with E-state index in [9.17, 15) is 14.4 Å². The number of methoxy groups -OCH3 is 1. The molecule has 3 rings (SSSR count). The fourth-order valence-corrected chi connectivity index (χ4v) is 2.69. The Morgan fingerprint density at radius 1 is 1.11 bits per heavy atom. The van der Waals surface area contributed by atoms with Crippen molar-refractivity contribution < 1.29 is 19.1 Å². The lowest BCUT2D eigenvalue weighted by Gasteiger charge is -2.23. The molecular weight excluding hydrogens is 346 g/mol. The van der Waals surface area contributed by atoms with Gasteiger partial charge in [0.05, 0.1) is 18.4 Å². The molecule has 0 unspecified atom stereocenters. The molecule has 1 aliphatic rings. The van der Waals surface area contributed by atoms with E-state index >= 15 is 0 Å². The van der Waals surface area contributed by atoms with Crippen LogP contribution >= 0.6 is 0 Å². The van der Waals surface area contributed by atoms with Crippen molar-refractivity contribution in [2.75, 3.05) is 17.4 Å². The Balaban J connectivity index is 1.76. The first-order valence-corrected chi connectivity index (χ1v) is 8.45. The number of carbonyl (C=O) groups is 3. The number of hydrazone groups is 1. The quantitative estimate of drug-likeness (QED) is 0.844. The number of amides is 2. The number of aryl methyl sites for hydroxylation is 1. The maximum atomic E-state index is 12.5. The van der Waals surface area contributed by atoms with Gasteiger partial charge in [-0.15, -0.1) is 0 Å². The zero-order valence-corrected chi connectivity index (χ0v) is 15.1. The Kier molecular flexibility index (Phi) is 5.30. The third kappa shape index (κ3) is 4.20. The summed E-state index contributed by atoms with van der Waals surface area (Å²) in [5.74, 6) is -0.984. The maximum absolute atomic E-state index is 12.5. The van der Waals surface area contributed by atoms with Crippen molar-refractivity contribution in [3.05, 3.63) is 59.7 Å². The van der Waals surface area contributed by atoms with Gasteiger partial charge in [-0.3, -0.25) is 9.59 Å². The summed E-state index contributed by atoms with van der Waals surface area (Å²) < 4.78 is 4.64. The van der Waals surface area contributed by atoms with E-state index in [0.717, 1.165) is 5.56 Å². The lowest BCUT2D eigenvalue weighted by molar-refractivity contribution is -0.118. The largest absolute Gasteiger partial charge is 0.465 e. The molecule has 0 atom stereocenters. The van der Waals surface area contributed by atoms with Crippen LogP contribution in [0.15, 0.2) is 53.6 Å². The molecule has 1 N–H and O–H groups in total. The van der Waals surface area contributed by atoms with Gasteiger partial charge in [0.15, 0.2) is 0 Å². The molecule has 0 radical (unpaired) electrons. The van der Waals surface area contributed by atoms with Gasteiger partial charge in [0.25, 0.3) is 5.91 Å². The number of nitrogens with one attached hydrogen (secondary N) is 1. The van der Waals surface area contributed by atoms with E-state index in [1.807, 2.05) is 25.1 Å². The molecule has 0 aromatic heterocycles. The van der Waals surface area contributed by atoms with Crippen molar-refractivity contribution >= 4 is 34.9 Å². The van der Waals surface area contributed by atoms with Crippen molar-refractivity contribution in [3.8, 4) is 0 Å². The van der Waals surface area contributed by atoms with Crippen LogP contribution in [-0.2, 0) is 14.3 Å². The van der Waals surface area contributed by atoms with E-state index in [1.165, 1.54) is 12.1 Å². The first-order chi connectivity index (χ1) is 13.0. The summed E-state index contributed by atoms with van der Waals surface area (Å²) >= 11 is 0. The number of hydrogen-bond donors (Lipinski definition) is 1. The number of esters is 1. The molecule has 2 aromatic rings. The molecule has 0 saturated heterocycles. The first-order valence-electron chi connectivity index (χ1n) is 8.45. The minimum atomic E-state index is -0.447. The van der Waals surface area contributed by atoms with Crippen molar-refractivity contribution in [2.45, 2.75) is 19.8 Å². The number of hydrogen-bond acceptors (Lipinski definition) is 5. The molecule has 138 valence electrons. The Morgan fingerprint density at radius 2 is 1.85 bits per heavy atom. The second-order valence-corrected chi connectivity index (χ2v) is 6.11. The molecule has 2 amide bonds. The van der Waals surface area contributed by atoms with Crippen LogP contribution < -0.4 is 10.3 Å². The highest BCUT2D eigenvalue weighted by Crippen LogP contribution is 2.22. The van der Waals surface area contributed by atoms with Gasteiger partial charge >= 0.3 is 5.97 Å². The molecule has 27 heavy (non-hydrogen) atoms. The highest BCUT2D eigenvalue weighted by molar-refractivity contribution is 6.44. The molecule has 0 fully saturated rings. The molecule has 0 spiro atoms. The first kappa shape index (κ1) is 18.3. The minimum Gasteiger partial charge on any atom is -0.465 e. The van der Waals surface area contributed by atoms with Crippen LogP contribution in [0.3, 0.4) is 0 Å². The highest BCUT2D eigenvalue weighted by atomic mass is 16.5. The van der Waals surface area contributed by atoms with Gasteiger partial charge in [0.2, 0.25) is 5.91 Å². The third-order valence-electron chi connectivity index (χ3n) is 4.10. The van der Waals surface area contributed by atoms with Crippen LogP contribution in [0, 0.1) is 6.92 Å². The highest BCUT2D eigenvalue weighted by Gasteiger charge is 2.25. The molecule has 0 saturated carbocycles. The Hall–Kier alpha value is -3.48. The fourth-order valence-electron chi connectivity index (χ4n) is 2.69. The molecular formula is C20H19N3O4. The molecule has 2 aromatic carbocycles. The molecule has 1 heterocycles. The standard InChI is InChI=1S/C20H19N3O4/c1-13-4-3-5-16(12-13)23-18(24)11-10-17(22-23)19(25)21-15-8-6-14(7-9-15)20(26)27-2/h3-9,12H,10-11H2,1-2H3,(H,21,25). The number of anilines is 2. The predicted octanol–water partition coefficient (Wildman–Crippen LogP) is 2.90. The molecule has 7 nitrogen and oxygen atoms in total. The lowest BCUT2D eigenvalue weighted by Crippen LogP contribution is -2.36. The van der Waals surface area contributed by atoms with E-state index in [4.69, 9.17) is 0 Å². The summed E-state index contributed by atoms with van der Waals surface area (Å²) in [5.41, 5.74) is 2.81. The van der Waals surface area contributed by atoms with E-state index in [1.54, 1.807) is 30.3 Å². The van der Waals surface area contributed by atoms with Crippen LogP contribution in [0.5, 0.6) is 0 Å². The van der Waals surface area contributed by atoms with Crippen molar-refractivity contribution in [2.24, 2.45) is 5.10 Å². The minimum absolute atomic E-state index is 0.153. The molecule has 7 heteroatoms. The van der Waals surface area contributed by atoms with Crippen molar-refractivity contribution in [1.82, 2.24) is 0 Å². The second kappa shape index (κ2) is 7.82. The summed E-state index contributed by atoms with van der Waals surface area (Å²) in [6.45, 7) is 1.92. The van der Waals surface area contributed by atoms with Crippen LogP contribution in [-0.4, -0.2) is 30.6 Å². The zero-order chi connectivity index (χ0) is 19.4. The zero-order valence-electron chi connectivity index (χ0n) is 15.1. The van der Waals surface area contributed by atoms with Crippen molar-refractivity contribution in [3.63, 3.8) is 0 Å². The normalized spacial score (nSPS) is 13.8. The van der Waals surface area contributed by atoms with E-state index in [-0.39, 0.29) is 30.4 Å². The number of rotatable bonds is 4. The Morgan fingerprint density at radius 3 is 2.52 bits per heavy atom. The van der Waals surface area contributed by atoms with E-state index in [0.29, 0.717) is 16.9 Å².